The molecule has 1 aliphatic carbocycles. The molecule has 0 spiro atoms. The average Bonchev–Trinajstić information content (AvgIpc) is 3.21. The van der Waals surface area contributed by atoms with Crippen molar-refractivity contribution in [3.63, 3.8) is 0 Å². The minimum atomic E-state index is -4.17. The van der Waals surface area contributed by atoms with Gasteiger partial charge in [-0.25, -0.2) is 18.4 Å². The predicted molar refractivity (Wildman–Crippen MR) is 125 cm³/mol. The Labute approximate surface area is 200 Å². The number of carbonyl (C=O) groups excluding carboxylic acids is 1. The molecule has 188 valence electrons. The van der Waals surface area contributed by atoms with E-state index in [-0.39, 0.29) is 41.7 Å². The number of halogens is 3. The van der Waals surface area contributed by atoms with Crippen LogP contribution in [-0.4, -0.2) is 47.7 Å². The van der Waals surface area contributed by atoms with Gasteiger partial charge in [-0.3, -0.25) is 9.20 Å². The lowest BCUT2D eigenvalue weighted by atomic mass is 9.81. The van der Waals surface area contributed by atoms with E-state index < -0.39 is 27.8 Å². The predicted octanol–water partition coefficient (Wildman–Crippen LogP) is 3.79. The third-order valence-electron chi connectivity index (χ3n) is 6.52. The molecular formula is C23H26F3N5O3S. The molecule has 1 amide bonds. The number of aromatic nitrogens is 3. The summed E-state index contributed by atoms with van der Waals surface area (Å²) in [6.07, 6.45) is 0.847. The quantitative estimate of drug-likeness (QED) is 0.540. The number of sulfone groups is 1. The van der Waals surface area contributed by atoms with Gasteiger partial charge in [-0.2, -0.15) is 13.2 Å². The second-order valence-electron chi connectivity index (χ2n) is 9.07. The van der Waals surface area contributed by atoms with Crippen molar-refractivity contribution >= 4 is 27.2 Å². The molecule has 1 aliphatic rings. The van der Waals surface area contributed by atoms with Crippen molar-refractivity contribution in [2.75, 3.05) is 18.5 Å². The van der Waals surface area contributed by atoms with Crippen molar-refractivity contribution in [3.8, 4) is 11.3 Å². The molecule has 0 aliphatic heterocycles. The number of hydrogen-bond acceptors (Lipinski definition) is 6. The van der Waals surface area contributed by atoms with Crippen LogP contribution < -0.4 is 11.1 Å². The maximum Gasteiger partial charge on any atom is 0.391 e. The number of imidazole rings is 1. The van der Waals surface area contributed by atoms with Crippen molar-refractivity contribution < 1.29 is 26.4 Å². The van der Waals surface area contributed by atoms with Gasteiger partial charge in [-0.15, -0.1) is 0 Å². The zero-order valence-corrected chi connectivity index (χ0v) is 20.1. The molecule has 1 aromatic carbocycles. The number of nitrogens with two attached hydrogens (primary N) is 1. The zero-order valence-electron chi connectivity index (χ0n) is 19.3. The largest absolute Gasteiger partial charge is 0.391 e. The van der Waals surface area contributed by atoms with Crippen LogP contribution >= 0.6 is 0 Å². The molecule has 1 saturated carbocycles. The Morgan fingerprint density at radius 2 is 1.91 bits per heavy atom. The van der Waals surface area contributed by atoms with Gasteiger partial charge in [0.2, 0.25) is 0 Å². The van der Waals surface area contributed by atoms with Gasteiger partial charge >= 0.3 is 6.18 Å². The second kappa shape index (κ2) is 9.14. The Bertz CT molecular complexity index is 1380. The minimum Gasteiger partial charge on any atom is -0.381 e. The van der Waals surface area contributed by atoms with Gasteiger partial charge in [0.1, 0.15) is 5.69 Å². The molecule has 0 saturated heterocycles. The van der Waals surface area contributed by atoms with Crippen LogP contribution in [0.25, 0.3) is 16.9 Å². The number of anilines is 1. The van der Waals surface area contributed by atoms with Crippen molar-refractivity contribution in [2.45, 2.75) is 43.7 Å². The standard InChI is InChI=1S/C23H26F3N5O3S/c1-13-3-8-16(35(2,33)34)9-17(13)19-11-28-21-20(27)30-18(12-31(19)21)22(32)29-10-14-4-6-15(7-5-14)23(24,25)26/h3,8-9,11-12,14-15H,4-7,10H2,1-2H3,(H2,27,30)(H,29,32). The lowest BCUT2D eigenvalue weighted by Gasteiger charge is -2.29. The monoisotopic (exact) mass is 509 g/mol. The first-order valence-electron chi connectivity index (χ1n) is 11.1. The van der Waals surface area contributed by atoms with Gasteiger partial charge in [-0.1, -0.05) is 6.07 Å². The van der Waals surface area contributed by atoms with E-state index in [9.17, 15) is 26.4 Å². The maximum atomic E-state index is 12.9. The van der Waals surface area contributed by atoms with Crippen molar-refractivity contribution in [1.29, 1.82) is 0 Å². The lowest BCUT2D eigenvalue weighted by molar-refractivity contribution is -0.183. The minimum absolute atomic E-state index is 0.0199. The number of hydrogen-bond donors (Lipinski definition) is 2. The number of nitrogens with one attached hydrogen (secondary N) is 1. The maximum absolute atomic E-state index is 12.9. The molecule has 4 rings (SSSR count). The third-order valence-corrected chi connectivity index (χ3v) is 7.64. The summed E-state index contributed by atoms with van der Waals surface area (Å²) < 4.78 is 64.3. The van der Waals surface area contributed by atoms with E-state index in [1.54, 1.807) is 16.5 Å². The van der Waals surface area contributed by atoms with Crippen molar-refractivity contribution in [2.24, 2.45) is 11.8 Å². The highest BCUT2D eigenvalue weighted by atomic mass is 32.2. The summed E-state index contributed by atoms with van der Waals surface area (Å²) in [5, 5.41) is 2.75. The van der Waals surface area contributed by atoms with Crippen LogP contribution in [0.1, 0.15) is 41.7 Å². The molecule has 0 atom stereocenters. The summed E-state index contributed by atoms with van der Waals surface area (Å²) in [4.78, 5) is 21.4. The third kappa shape index (κ3) is 5.26. The van der Waals surface area contributed by atoms with Crippen LogP contribution in [0.4, 0.5) is 19.0 Å². The van der Waals surface area contributed by atoms with Crippen LogP contribution in [0.3, 0.4) is 0 Å². The van der Waals surface area contributed by atoms with Crippen LogP contribution in [0, 0.1) is 18.8 Å². The highest BCUT2D eigenvalue weighted by Crippen LogP contribution is 2.39. The van der Waals surface area contributed by atoms with Gasteiger partial charge in [0.25, 0.3) is 5.91 Å². The van der Waals surface area contributed by atoms with Crippen LogP contribution in [0.15, 0.2) is 35.5 Å². The van der Waals surface area contributed by atoms with E-state index in [1.807, 2.05) is 6.92 Å². The number of nitrogens with zero attached hydrogens (tertiary/aromatic N) is 3. The van der Waals surface area contributed by atoms with E-state index in [1.165, 1.54) is 18.5 Å². The van der Waals surface area contributed by atoms with E-state index in [0.717, 1.165) is 11.8 Å². The molecule has 12 heteroatoms. The summed E-state index contributed by atoms with van der Waals surface area (Å²) in [5.74, 6) is -1.80. The summed E-state index contributed by atoms with van der Waals surface area (Å²) in [6, 6.07) is 4.76. The molecular weight excluding hydrogens is 483 g/mol. The van der Waals surface area contributed by atoms with Crippen molar-refractivity contribution in [1.82, 2.24) is 19.7 Å². The molecule has 35 heavy (non-hydrogen) atoms. The van der Waals surface area contributed by atoms with Gasteiger partial charge < -0.3 is 11.1 Å². The summed E-state index contributed by atoms with van der Waals surface area (Å²) >= 11 is 0. The number of nitrogen functional groups attached to an aromatic ring is 1. The molecule has 2 heterocycles. The smallest absolute Gasteiger partial charge is 0.381 e. The number of rotatable bonds is 5. The number of carbonyl (C=O) groups is 1. The van der Waals surface area contributed by atoms with Crippen LogP contribution in [-0.2, 0) is 9.84 Å². The number of aryl methyl sites for hydroxylation is 1. The fourth-order valence-corrected chi connectivity index (χ4v) is 5.10. The number of benzene rings is 1. The second-order valence-corrected chi connectivity index (χ2v) is 11.1. The fraction of sp³-hybridized carbons (Fsp3) is 0.435. The average molecular weight is 510 g/mol. The first-order chi connectivity index (χ1) is 16.3. The van der Waals surface area contributed by atoms with Gasteiger partial charge in [0.15, 0.2) is 21.3 Å². The summed E-state index contributed by atoms with van der Waals surface area (Å²) in [6.45, 7) is 2.07. The molecule has 3 aromatic rings. The van der Waals surface area contributed by atoms with Crippen molar-refractivity contribution in [3.05, 3.63) is 41.9 Å². The SMILES string of the molecule is Cc1ccc(S(C)(=O)=O)cc1-c1cnc2c(N)nc(C(=O)NCC3CCC(C(F)(F)F)CC3)cn12. The van der Waals surface area contributed by atoms with E-state index >= 15 is 0 Å². The Balaban J connectivity index is 1.56. The van der Waals surface area contributed by atoms with Crippen LogP contribution in [0.2, 0.25) is 0 Å². The molecule has 0 radical (unpaired) electrons. The van der Waals surface area contributed by atoms with E-state index in [0.29, 0.717) is 29.7 Å². The fourth-order valence-electron chi connectivity index (χ4n) is 4.45. The molecule has 3 N–H and O–H groups in total. The molecule has 8 nitrogen and oxygen atoms in total. The van der Waals surface area contributed by atoms with E-state index in [4.69, 9.17) is 5.73 Å². The van der Waals surface area contributed by atoms with E-state index in [2.05, 4.69) is 15.3 Å². The highest BCUT2D eigenvalue weighted by molar-refractivity contribution is 7.90. The summed E-state index contributed by atoms with van der Waals surface area (Å²) in [7, 11) is -3.44. The Morgan fingerprint density at radius 3 is 2.54 bits per heavy atom. The van der Waals surface area contributed by atoms with Gasteiger partial charge in [-0.05, 0) is 56.2 Å². The lowest BCUT2D eigenvalue weighted by Crippen LogP contribution is -2.34. The topological polar surface area (TPSA) is 119 Å². The first kappa shape index (κ1) is 25.0. The number of fused-ring (bicyclic) bond motifs is 1. The van der Waals surface area contributed by atoms with Gasteiger partial charge in [0, 0.05) is 24.6 Å². The Kier molecular flexibility index (Phi) is 6.52. The number of amides is 1. The summed E-state index contributed by atoms with van der Waals surface area (Å²) in [5.41, 5.74) is 8.33. The Hall–Kier alpha value is -3.15. The number of alkyl halides is 3. The van der Waals surface area contributed by atoms with Crippen LogP contribution in [0.5, 0.6) is 0 Å². The van der Waals surface area contributed by atoms with Gasteiger partial charge in [0.05, 0.1) is 22.7 Å². The highest BCUT2D eigenvalue weighted by Gasteiger charge is 2.41. The zero-order chi connectivity index (χ0) is 25.5. The normalized spacial score (nSPS) is 19.1. The molecule has 1 fully saturated rings. The Morgan fingerprint density at radius 1 is 1.23 bits per heavy atom. The first-order valence-corrected chi connectivity index (χ1v) is 13.0. The molecule has 0 unspecified atom stereocenters. The molecule has 0 bridgehead atoms. The molecule has 2 aromatic heterocycles.